The highest BCUT2D eigenvalue weighted by Crippen LogP contribution is 2.24. The average Bonchev–Trinajstić information content (AvgIpc) is 2.55. The van der Waals surface area contributed by atoms with Crippen molar-refractivity contribution < 1.29 is 23.9 Å². The van der Waals surface area contributed by atoms with Gasteiger partial charge in [0.05, 0.1) is 17.1 Å². The van der Waals surface area contributed by atoms with E-state index < -0.39 is 16.7 Å². The Labute approximate surface area is 148 Å². The predicted molar refractivity (Wildman–Crippen MR) is 93.8 cm³/mol. The average molecular weight is 353 g/mol. The van der Waals surface area contributed by atoms with Crippen molar-refractivity contribution in [2.24, 2.45) is 0 Å². The van der Waals surface area contributed by atoms with Crippen LogP contribution in [0.1, 0.15) is 53.9 Å². The standard InChI is InChI=1S/C18H27NO6/c1-6-17(3,4)23-13-12-18(5,7-2)25-16(20)24-15-10-8-14(9-11-15)19(21)22/h8-11H,6-7,12-13H2,1-5H3. The molecular weight excluding hydrogens is 326 g/mol. The van der Waals surface area contributed by atoms with Gasteiger partial charge in [-0.05, 0) is 45.7 Å². The Morgan fingerprint density at radius 3 is 2.20 bits per heavy atom. The van der Waals surface area contributed by atoms with Crippen LogP contribution in [0.4, 0.5) is 10.5 Å². The highest BCUT2D eigenvalue weighted by Gasteiger charge is 2.29. The summed E-state index contributed by atoms with van der Waals surface area (Å²) in [5.41, 5.74) is -0.995. The third-order valence-electron chi connectivity index (χ3n) is 4.30. The fourth-order valence-corrected chi connectivity index (χ4v) is 1.90. The van der Waals surface area contributed by atoms with E-state index in [4.69, 9.17) is 14.2 Å². The Kier molecular flexibility index (Phi) is 7.36. The monoisotopic (exact) mass is 353 g/mol. The van der Waals surface area contributed by atoms with E-state index in [2.05, 4.69) is 6.92 Å². The zero-order valence-electron chi connectivity index (χ0n) is 15.5. The molecule has 0 amide bonds. The van der Waals surface area contributed by atoms with Crippen molar-refractivity contribution in [1.82, 2.24) is 0 Å². The number of carbonyl (C=O) groups excluding carboxylic acids is 1. The first-order valence-corrected chi connectivity index (χ1v) is 8.40. The Balaban J connectivity index is 2.57. The molecule has 140 valence electrons. The fraction of sp³-hybridized carbons (Fsp3) is 0.611. The largest absolute Gasteiger partial charge is 0.514 e. The summed E-state index contributed by atoms with van der Waals surface area (Å²) in [5.74, 6) is 0.192. The van der Waals surface area contributed by atoms with Crippen LogP contribution >= 0.6 is 0 Å². The lowest BCUT2D eigenvalue weighted by Crippen LogP contribution is -2.35. The molecule has 0 N–H and O–H groups in total. The topological polar surface area (TPSA) is 87.9 Å². The highest BCUT2D eigenvalue weighted by atomic mass is 16.7. The second-order valence-electron chi connectivity index (χ2n) is 6.72. The molecule has 0 saturated carbocycles. The molecule has 0 aliphatic heterocycles. The molecule has 7 heteroatoms. The SMILES string of the molecule is CCC(C)(C)OCCC(C)(CC)OC(=O)Oc1ccc([N+](=O)[O-])cc1. The number of non-ortho nitro benzene ring substituents is 1. The molecule has 1 aromatic carbocycles. The Bertz CT molecular complexity index is 584. The number of hydrogen-bond donors (Lipinski definition) is 0. The van der Waals surface area contributed by atoms with Crippen LogP contribution in [0.3, 0.4) is 0 Å². The molecule has 0 radical (unpaired) electrons. The summed E-state index contributed by atoms with van der Waals surface area (Å²) in [7, 11) is 0. The Hall–Kier alpha value is -2.15. The van der Waals surface area contributed by atoms with Gasteiger partial charge in [0, 0.05) is 18.6 Å². The van der Waals surface area contributed by atoms with Gasteiger partial charge in [0.25, 0.3) is 5.69 Å². The minimum Gasteiger partial charge on any atom is -0.428 e. The number of nitro benzene ring substituents is 1. The van der Waals surface area contributed by atoms with Crippen molar-refractivity contribution >= 4 is 11.8 Å². The van der Waals surface area contributed by atoms with Crippen molar-refractivity contribution in [2.45, 2.75) is 65.1 Å². The number of carbonyl (C=O) groups is 1. The van der Waals surface area contributed by atoms with Crippen LogP contribution in [0.2, 0.25) is 0 Å². The first-order valence-electron chi connectivity index (χ1n) is 8.40. The molecule has 1 rings (SSSR count). The maximum Gasteiger partial charge on any atom is 0.514 e. The van der Waals surface area contributed by atoms with Crippen molar-refractivity contribution in [1.29, 1.82) is 0 Å². The maximum atomic E-state index is 12.0. The molecule has 0 saturated heterocycles. The van der Waals surface area contributed by atoms with Gasteiger partial charge in [-0.1, -0.05) is 13.8 Å². The van der Waals surface area contributed by atoms with Gasteiger partial charge >= 0.3 is 6.16 Å². The number of rotatable bonds is 9. The van der Waals surface area contributed by atoms with Crippen molar-refractivity contribution in [3.8, 4) is 5.75 Å². The summed E-state index contributed by atoms with van der Waals surface area (Å²) in [6.07, 6.45) is 1.20. The smallest absolute Gasteiger partial charge is 0.428 e. The molecule has 0 aliphatic rings. The lowest BCUT2D eigenvalue weighted by Gasteiger charge is -2.30. The first-order chi connectivity index (χ1) is 11.6. The molecule has 1 aromatic rings. The number of nitro groups is 1. The molecule has 0 bridgehead atoms. The molecule has 0 fully saturated rings. The molecule has 1 atom stereocenters. The minimum absolute atomic E-state index is 0.0743. The van der Waals surface area contributed by atoms with Crippen LogP contribution in [0, 0.1) is 10.1 Å². The van der Waals surface area contributed by atoms with Gasteiger partial charge < -0.3 is 14.2 Å². The quantitative estimate of drug-likeness (QED) is 0.272. The molecule has 1 unspecified atom stereocenters. The van der Waals surface area contributed by atoms with E-state index in [1.807, 2.05) is 27.7 Å². The van der Waals surface area contributed by atoms with E-state index >= 15 is 0 Å². The normalized spacial score (nSPS) is 13.8. The fourth-order valence-electron chi connectivity index (χ4n) is 1.90. The second kappa shape index (κ2) is 8.80. The second-order valence-corrected chi connectivity index (χ2v) is 6.72. The van der Waals surface area contributed by atoms with Crippen molar-refractivity contribution in [3.63, 3.8) is 0 Å². The van der Waals surface area contributed by atoms with Gasteiger partial charge in [0.1, 0.15) is 11.4 Å². The predicted octanol–water partition coefficient (Wildman–Crippen LogP) is 4.87. The van der Waals surface area contributed by atoms with E-state index in [9.17, 15) is 14.9 Å². The van der Waals surface area contributed by atoms with Crippen molar-refractivity contribution in [3.05, 3.63) is 34.4 Å². The summed E-state index contributed by atoms with van der Waals surface area (Å²) in [6, 6.07) is 5.25. The zero-order valence-corrected chi connectivity index (χ0v) is 15.5. The minimum atomic E-state index is -0.840. The lowest BCUT2D eigenvalue weighted by atomic mass is 9.99. The van der Waals surface area contributed by atoms with Gasteiger partial charge in [-0.15, -0.1) is 0 Å². The van der Waals surface area contributed by atoms with Gasteiger partial charge in [-0.2, -0.15) is 0 Å². The lowest BCUT2D eigenvalue weighted by molar-refractivity contribution is -0.384. The summed E-state index contributed by atoms with van der Waals surface area (Å²) >= 11 is 0. The number of benzene rings is 1. The summed E-state index contributed by atoms with van der Waals surface area (Å²) in [5, 5.41) is 10.6. The molecular formula is C18H27NO6. The van der Waals surface area contributed by atoms with E-state index in [0.29, 0.717) is 19.4 Å². The van der Waals surface area contributed by atoms with E-state index in [0.717, 1.165) is 6.42 Å². The molecule has 25 heavy (non-hydrogen) atoms. The summed E-state index contributed by atoms with van der Waals surface area (Å²) < 4.78 is 16.3. The van der Waals surface area contributed by atoms with Crippen LogP contribution in [-0.4, -0.2) is 28.9 Å². The first kappa shape index (κ1) is 20.9. The van der Waals surface area contributed by atoms with Crippen molar-refractivity contribution in [2.75, 3.05) is 6.61 Å². The molecule has 0 spiro atoms. The summed E-state index contributed by atoms with van der Waals surface area (Å²) in [4.78, 5) is 22.1. The van der Waals surface area contributed by atoms with Gasteiger partial charge in [-0.3, -0.25) is 10.1 Å². The molecule has 7 nitrogen and oxygen atoms in total. The number of hydrogen-bond acceptors (Lipinski definition) is 6. The molecule has 0 aromatic heterocycles. The third kappa shape index (κ3) is 7.09. The van der Waals surface area contributed by atoms with Crippen LogP contribution in [0.5, 0.6) is 5.75 Å². The van der Waals surface area contributed by atoms with Gasteiger partial charge in [0.15, 0.2) is 0 Å². The summed E-state index contributed by atoms with van der Waals surface area (Å²) in [6.45, 7) is 10.3. The van der Waals surface area contributed by atoms with E-state index in [1.54, 1.807) is 0 Å². The van der Waals surface area contributed by atoms with Crippen LogP contribution < -0.4 is 4.74 Å². The number of ether oxygens (including phenoxy) is 3. The highest BCUT2D eigenvalue weighted by molar-refractivity contribution is 5.64. The maximum absolute atomic E-state index is 12.0. The van der Waals surface area contributed by atoms with Crippen LogP contribution in [0.25, 0.3) is 0 Å². The Morgan fingerprint density at radius 2 is 1.72 bits per heavy atom. The number of nitrogens with zero attached hydrogens (tertiary/aromatic N) is 1. The Morgan fingerprint density at radius 1 is 1.12 bits per heavy atom. The van der Waals surface area contributed by atoms with Crippen LogP contribution in [-0.2, 0) is 9.47 Å². The molecule has 0 aliphatic carbocycles. The third-order valence-corrected chi connectivity index (χ3v) is 4.30. The van der Waals surface area contributed by atoms with Crippen LogP contribution in [0.15, 0.2) is 24.3 Å². The zero-order chi connectivity index (χ0) is 19.1. The van der Waals surface area contributed by atoms with Gasteiger partial charge in [-0.25, -0.2) is 4.79 Å². The van der Waals surface area contributed by atoms with E-state index in [-0.39, 0.29) is 17.0 Å². The molecule has 0 heterocycles. The van der Waals surface area contributed by atoms with E-state index in [1.165, 1.54) is 24.3 Å². The van der Waals surface area contributed by atoms with Gasteiger partial charge in [0.2, 0.25) is 0 Å².